The number of ketones is 2. The highest BCUT2D eigenvalue weighted by molar-refractivity contribution is 8.02. The maximum Gasteiger partial charge on any atom is 0.187 e. The van der Waals surface area contributed by atoms with Crippen molar-refractivity contribution in [2.24, 2.45) is 23.3 Å². The van der Waals surface area contributed by atoms with Crippen LogP contribution < -0.4 is 16.8 Å². The Hall–Kier alpha value is -0.430. The van der Waals surface area contributed by atoms with Gasteiger partial charge in [0.25, 0.3) is 0 Å². The minimum atomic E-state index is -1.24. The second-order valence-electron chi connectivity index (χ2n) is 6.01. The van der Waals surface area contributed by atoms with Crippen LogP contribution in [0.4, 0.5) is 0 Å². The van der Waals surface area contributed by atoms with E-state index in [1.165, 1.54) is 11.8 Å². The van der Waals surface area contributed by atoms with Crippen LogP contribution in [0, 0.1) is 11.8 Å². The molecule has 0 aromatic rings. The van der Waals surface area contributed by atoms with Crippen LogP contribution in [-0.2, 0) is 9.59 Å². The van der Waals surface area contributed by atoms with E-state index in [1.807, 2.05) is 27.7 Å². The van der Waals surface area contributed by atoms with Crippen molar-refractivity contribution in [2.75, 3.05) is 12.3 Å². The molecule has 1 heterocycles. The molecule has 1 saturated heterocycles. The fraction of sp³-hybridized carbons (Fsp3) is 0.867. The number of Topliss-reactive ketones (excluding diaryl/α,β-unsaturated/α-hetero) is 2. The van der Waals surface area contributed by atoms with E-state index in [1.54, 1.807) is 0 Å². The fourth-order valence-corrected chi connectivity index (χ4v) is 3.69. The molecule has 0 aromatic heterocycles. The van der Waals surface area contributed by atoms with Crippen LogP contribution in [-0.4, -0.2) is 40.8 Å². The van der Waals surface area contributed by atoms with Crippen LogP contribution in [0.5, 0.6) is 0 Å². The van der Waals surface area contributed by atoms with Gasteiger partial charge in [-0.2, -0.15) is 0 Å². The second-order valence-corrected chi connectivity index (χ2v) is 7.32. The van der Waals surface area contributed by atoms with Crippen LogP contribution in [0.3, 0.4) is 0 Å². The molecule has 5 nitrogen and oxygen atoms in total. The minimum absolute atomic E-state index is 0.0463. The highest BCUT2D eigenvalue weighted by atomic mass is 32.2. The molecule has 1 aliphatic rings. The predicted octanol–water partition coefficient (Wildman–Crippen LogP) is 0.904. The van der Waals surface area contributed by atoms with Crippen molar-refractivity contribution in [3.05, 3.63) is 0 Å². The zero-order chi connectivity index (χ0) is 16.2. The number of rotatable bonds is 8. The van der Waals surface area contributed by atoms with E-state index in [0.717, 1.165) is 18.6 Å². The van der Waals surface area contributed by atoms with Crippen molar-refractivity contribution in [3.63, 3.8) is 0 Å². The lowest BCUT2D eigenvalue weighted by Crippen LogP contribution is -2.63. The molecule has 4 atom stereocenters. The van der Waals surface area contributed by atoms with Crippen LogP contribution in [0.25, 0.3) is 0 Å². The Kier molecular flexibility index (Phi) is 6.84. The van der Waals surface area contributed by atoms with Crippen molar-refractivity contribution < 1.29 is 9.59 Å². The number of nitrogens with one attached hydrogen (secondary N) is 1. The Morgan fingerprint density at radius 1 is 1.10 bits per heavy atom. The summed E-state index contributed by atoms with van der Waals surface area (Å²) in [6.45, 7) is 8.49. The third kappa shape index (κ3) is 3.67. The van der Waals surface area contributed by atoms with Gasteiger partial charge in [-0.25, -0.2) is 0 Å². The molecular formula is C15H29N3O2S. The lowest BCUT2D eigenvalue weighted by atomic mass is 9.85. The standard InChI is InChI=1S/C15H29N3O2S/c1-5-9(3)11(16)13(19)15(18-7-8-21-15)14(20)12(17)10(4)6-2/h9-12,18H,5-8,16-17H2,1-4H3/t9-,10-,11-,12-/m0/s1. The first-order valence-electron chi connectivity index (χ1n) is 7.80. The Morgan fingerprint density at radius 3 is 1.81 bits per heavy atom. The molecule has 0 aromatic carbocycles. The minimum Gasteiger partial charge on any atom is -0.321 e. The van der Waals surface area contributed by atoms with Crippen molar-refractivity contribution >= 4 is 23.3 Å². The first-order chi connectivity index (χ1) is 9.81. The summed E-state index contributed by atoms with van der Waals surface area (Å²) in [7, 11) is 0. The van der Waals surface area contributed by atoms with Gasteiger partial charge in [-0.05, 0) is 11.8 Å². The number of thioether (sulfide) groups is 1. The van der Waals surface area contributed by atoms with Crippen molar-refractivity contribution in [1.29, 1.82) is 0 Å². The normalized spacial score (nSPS) is 23.3. The van der Waals surface area contributed by atoms with Crippen molar-refractivity contribution in [1.82, 2.24) is 5.32 Å². The second kappa shape index (κ2) is 7.72. The van der Waals surface area contributed by atoms with E-state index in [4.69, 9.17) is 11.5 Å². The molecule has 0 aliphatic carbocycles. The molecule has 0 spiro atoms. The van der Waals surface area contributed by atoms with Crippen LogP contribution in [0.15, 0.2) is 0 Å². The van der Waals surface area contributed by atoms with E-state index < -0.39 is 17.0 Å². The molecule has 21 heavy (non-hydrogen) atoms. The first kappa shape index (κ1) is 18.6. The van der Waals surface area contributed by atoms with Crippen molar-refractivity contribution in [2.45, 2.75) is 57.5 Å². The summed E-state index contributed by atoms with van der Waals surface area (Å²) in [6.07, 6.45) is 1.61. The maximum atomic E-state index is 12.8. The van der Waals surface area contributed by atoms with E-state index in [-0.39, 0.29) is 23.4 Å². The van der Waals surface area contributed by atoms with Gasteiger partial charge in [-0.15, -0.1) is 11.8 Å². The molecule has 122 valence electrons. The molecule has 0 radical (unpaired) electrons. The molecule has 1 fully saturated rings. The average molecular weight is 315 g/mol. The SMILES string of the molecule is CC[C@H](C)[C@H](N)C(=O)C1(C(=O)[C@@H](N)[C@@H](C)CC)NCCS1. The summed E-state index contributed by atoms with van der Waals surface area (Å²) in [5.41, 5.74) is 12.2. The highest BCUT2D eigenvalue weighted by Crippen LogP contribution is 2.33. The van der Waals surface area contributed by atoms with Crippen LogP contribution in [0.1, 0.15) is 40.5 Å². The average Bonchev–Trinajstić information content (AvgIpc) is 3.00. The number of nitrogens with two attached hydrogens (primary N) is 2. The van der Waals surface area contributed by atoms with Gasteiger partial charge in [0, 0.05) is 12.3 Å². The summed E-state index contributed by atoms with van der Waals surface area (Å²) < 4.78 is 0. The van der Waals surface area contributed by atoms with E-state index in [2.05, 4.69) is 5.32 Å². The smallest absolute Gasteiger partial charge is 0.187 e. The lowest BCUT2D eigenvalue weighted by molar-refractivity contribution is -0.134. The first-order valence-corrected chi connectivity index (χ1v) is 8.79. The zero-order valence-corrected chi connectivity index (χ0v) is 14.3. The molecule has 6 heteroatoms. The van der Waals surface area contributed by atoms with Gasteiger partial charge in [0.2, 0.25) is 0 Å². The van der Waals surface area contributed by atoms with Gasteiger partial charge in [-0.1, -0.05) is 40.5 Å². The van der Waals surface area contributed by atoms with Gasteiger partial charge < -0.3 is 11.5 Å². The van der Waals surface area contributed by atoms with Gasteiger partial charge in [0.05, 0.1) is 12.1 Å². The largest absolute Gasteiger partial charge is 0.321 e. The maximum absolute atomic E-state index is 12.8. The van der Waals surface area contributed by atoms with Crippen LogP contribution in [0.2, 0.25) is 0 Å². The van der Waals surface area contributed by atoms with E-state index in [0.29, 0.717) is 6.54 Å². The molecule has 1 rings (SSSR count). The number of hydrogen-bond donors (Lipinski definition) is 3. The topological polar surface area (TPSA) is 98.2 Å². The highest BCUT2D eigenvalue weighted by Gasteiger charge is 2.52. The van der Waals surface area contributed by atoms with Gasteiger partial charge >= 0.3 is 0 Å². The molecule has 0 unspecified atom stereocenters. The molecule has 5 N–H and O–H groups in total. The summed E-state index contributed by atoms with van der Waals surface area (Å²) in [4.78, 5) is 24.4. The summed E-state index contributed by atoms with van der Waals surface area (Å²) >= 11 is 1.35. The Labute approximate surface area is 132 Å². The fourth-order valence-electron chi connectivity index (χ4n) is 2.41. The summed E-state index contributed by atoms with van der Waals surface area (Å²) in [5.74, 6) is 0.374. The zero-order valence-electron chi connectivity index (χ0n) is 13.5. The third-order valence-corrected chi connectivity index (χ3v) is 6.00. The molecule has 0 amide bonds. The number of carbonyl (C=O) groups is 2. The Balaban J connectivity index is 3.03. The summed E-state index contributed by atoms with van der Waals surface area (Å²) in [5, 5.41) is 3.09. The van der Waals surface area contributed by atoms with Crippen molar-refractivity contribution in [3.8, 4) is 0 Å². The molecule has 0 bridgehead atoms. The monoisotopic (exact) mass is 315 g/mol. The van der Waals surface area contributed by atoms with Gasteiger partial charge in [0.15, 0.2) is 16.4 Å². The van der Waals surface area contributed by atoms with E-state index in [9.17, 15) is 9.59 Å². The molecule has 1 aliphatic heterocycles. The van der Waals surface area contributed by atoms with Gasteiger partial charge in [-0.3, -0.25) is 14.9 Å². The Morgan fingerprint density at radius 2 is 1.52 bits per heavy atom. The van der Waals surface area contributed by atoms with E-state index >= 15 is 0 Å². The van der Waals surface area contributed by atoms with Crippen LogP contribution >= 0.6 is 11.8 Å². The predicted molar refractivity (Wildman–Crippen MR) is 88.1 cm³/mol. The molecule has 0 saturated carbocycles. The number of hydrogen-bond acceptors (Lipinski definition) is 6. The summed E-state index contributed by atoms with van der Waals surface area (Å²) in [6, 6.07) is -1.28. The molecular weight excluding hydrogens is 286 g/mol. The lowest BCUT2D eigenvalue weighted by Gasteiger charge is -2.33. The van der Waals surface area contributed by atoms with Gasteiger partial charge in [0.1, 0.15) is 0 Å². The number of carbonyl (C=O) groups excluding carboxylic acids is 2. The third-order valence-electron chi connectivity index (χ3n) is 4.61. The quantitative estimate of drug-likeness (QED) is 0.576. The Bertz CT molecular complexity index is 353.